The molecule has 0 aliphatic heterocycles. The van der Waals surface area contributed by atoms with Gasteiger partial charge in [-0.1, -0.05) is 30.3 Å². The number of aryl methyl sites for hydroxylation is 1. The van der Waals surface area contributed by atoms with Crippen molar-refractivity contribution in [2.24, 2.45) is 7.05 Å². The van der Waals surface area contributed by atoms with E-state index in [0.29, 0.717) is 16.4 Å². The summed E-state index contributed by atoms with van der Waals surface area (Å²) in [5, 5.41) is 3.00. The highest BCUT2D eigenvalue weighted by Gasteiger charge is 2.16. The first-order chi connectivity index (χ1) is 18.0. The van der Waals surface area contributed by atoms with E-state index in [1.165, 1.54) is 34.8 Å². The van der Waals surface area contributed by atoms with Crippen LogP contribution in [0.25, 0.3) is 31.4 Å². The molecule has 37 heavy (non-hydrogen) atoms. The van der Waals surface area contributed by atoms with E-state index in [9.17, 15) is 9.18 Å². The lowest BCUT2D eigenvalue weighted by atomic mass is 10.2. The molecular weight excluding hydrogens is 509 g/mol. The summed E-state index contributed by atoms with van der Waals surface area (Å²) in [6, 6.07) is 17.6. The van der Waals surface area contributed by atoms with Gasteiger partial charge in [0.2, 0.25) is 0 Å². The number of hydrogen-bond acceptors (Lipinski definition) is 7. The van der Waals surface area contributed by atoms with E-state index in [-0.39, 0.29) is 5.75 Å². The number of carbonyl (C=O) groups is 1. The second-order valence-electron chi connectivity index (χ2n) is 8.09. The summed E-state index contributed by atoms with van der Waals surface area (Å²) in [6.07, 6.45) is 6.89. The maximum absolute atomic E-state index is 15.0. The van der Waals surface area contributed by atoms with Gasteiger partial charge in [0.05, 0.1) is 20.0 Å². The van der Waals surface area contributed by atoms with E-state index < -0.39 is 11.7 Å². The number of amides is 1. The average molecular weight is 528 g/mol. The third-order valence-electron chi connectivity index (χ3n) is 5.59. The molecule has 6 rings (SSSR count). The number of thiophene rings is 1. The molecular formula is C27H18FN5O2S2. The molecule has 1 amide bonds. The highest BCUT2D eigenvalue weighted by molar-refractivity contribution is 7.22. The molecule has 0 radical (unpaired) electrons. The molecule has 0 aliphatic carbocycles. The Morgan fingerprint density at radius 1 is 0.946 bits per heavy atom. The second kappa shape index (κ2) is 9.57. The van der Waals surface area contributed by atoms with Crippen LogP contribution in [0.2, 0.25) is 0 Å². The van der Waals surface area contributed by atoms with Crippen LogP contribution in [0.3, 0.4) is 0 Å². The lowest BCUT2D eigenvalue weighted by Gasteiger charge is -2.09. The Labute approximate surface area is 218 Å². The third kappa shape index (κ3) is 4.59. The number of hydrogen-bond donors (Lipinski definition) is 1. The molecule has 6 aromatic rings. The first kappa shape index (κ1) is 23.0. The Kier molecular flexibility index (Phi) is 5.95. The van der Waals surface area contributed by atoms with Gasteiger partial charge in [-0.3, -0.25) is 9.78 Å². The number of nitrogens with zero attached hydrogens (tertiary/aromatic N) is 4. The molecule has 10 heteroatoms. The van der Waals surface area contributed by atoms with Crippen LogP contribution in [0.4, 0.5) is 10.1 Å². The summed E-state index contributed by atoms with van der Waals surface area (Å²) in [6.45, 7) is 0. The molecule has 0 saturated carbocycles. The molecule has 2 aromatic carbocycles. The van der Waals surface area contributed by atoms with Crippen molar-refractivity contribution in [2.45, 2.75) is 0 Å². The predicted octanol–water partition coefficient (Wildman–Crippen LogP) is 7.00. The van der Waals surface area contributed by atoms with Crippen LogP contribution in [-0.4, -0.2) is 25.4 Å². The fourth-order valence-electron chi connectivity index (χ4n) is 3.79. The zero-order valence-corrected chi connectivity index (χ0v) is 21.0. The van der Waals surface area contributed by atoms with E-state index in [2.05, 4.69) is 20.3 Å². The van der Waals surface area contributed by atoms with E-state index in [0.717, 1.165) is 31.4 Å². The number of fused-ring (bicyclic) bond motifs is 1. The van der Waals surface area contributed by atoms with Crippen molar-refractivity contribution < 1.29 is 13.9 Å². The molecule has 0 atom stereocenters. The van der Waals surface area contributed by atoms with Gasteiger partial charge in [0.1, 0.15) is 11.6 Å². The van der Waals surface area contributed by atoms with Gasteiger partial charge in [-0.15, -0.1) is 22.7 Å². The van der Waals surface area contributed by atoms with Crippen LogP contribution in [0.5, 0.6) is 11.5 Å². The van der Waals surface area contributed by atoms with Crippen molar-refractivity contribution in [1.29, 1.82) is 0 Å². The minimum Gasteiger partial charge on any atom is -0.453 e. The fraction of sp³-hybridized carbons (Fsp3) is 0.0370. The summed E-state index contributed by atoms with van der Waals surface area (Å²) in [5.74, 6) is 0.334. The van der Waals surface area contributed by atoms with Crippen molar-refractivity contribution in [3.63, 3.8) is 0 Å². The smallest absolute Gasteiger partial charge is 0.284 e. The highest BCUT2D eigenvalue weighted by Crippen LogP contribution is 2.39. The third-order valence-corrected chi connectivity index (χ3v) is 7.77. The number of anilines is 1. The van der Waals surface area contributed by atoms with Crippen LogP contribution in [0, 0.1) is 5.82 Å². The zero-order chi connectivity index (χ0) is 25.4. The summed E-state index contributed by atoms with van der Waals surface area (Å²) in [7, 11) is 1.92. The second-order valence-corrected chi connectivity index (χ2v) is 10.2. The number of benzene rings is 2. The van der Waals surface area contributed by atoms with Gasteiger partial charge >= 0.3 is 0 Å². The number of nitrogens with one attached hydrogen (secondary N) is 1. The average Bonchev–Trinajstić information content (AvgIpc) is 3.66. The number of pyridine rings is 1. The maximum Gasteiger partial charge on any atom is 0.284 e. The van der Waals surface area contributed by atoms with Crippen molar-refractivity contribution in [1.82, 2.24) is 19.5 Å². The molecule has 182 valence electrons. The van der Waals surface area contributed by atoms with Crippen LogP contribution in [0.15, 0.2) is 85.5 Å². The van der Waals surface area contributed by atoms with E-state index in [1.807, 2.05) is 54.2 Å². The van der Waals surface area contributed by atoms with Gasteiger partial charge in [0.15, 0.2) is 16.6 Å². The van der Waals surface area contributed by atoms with Crippen LogP contribution < -0.4 is 10.1 Å². The number of thiazole rings is 1. The molecule has 1 N–H and O–H groups in total. The zero-order valence-electron chi connectivity index (χ0n) is 19.4. The predicted molar refractivity (Wildman–Crippen MR) is 144 cm³/mol. The Morgan fingerprint density at radius 3 is 2.59 bits per heavy atom. The topological polar surface area (TPSA) is 81.9 Å². The molecule has 0 spiro atoms. The summed E-state index contributed by atoms with van der Waals surface area (Å²) < 4.78 is 23.6. The molecule has 4 aromatic heterocycles. The van der Waals surface area contributed by atoms with Gasteiger partial charge < -0.3 is 14.6 Å². The maximum atomic E-state index is 15.0. The largest absolute Gasteiger partial charge is 0.453 e. The molecule has 7 nitrogen and oxygen atoms in total. The molecule has 0 aliphatic rings. The number of aromatic nitrogens is 4. The molecule has 0 fully saturated rings. The number of imidazole rings is 1. The lowest BCUT2D eigenvalue weighted by molar-refractivity contribution is 0.102. The number of rotatable bonds is 6. The summed E-state index contributed by atoms with van der Waals surface area (Å²) >= 11 is 2.75. The van der Waals surface area contributed by atoms with Crippen molar-refractivity contribution in [2.75, 3.05) is 5.32 Å². The minimum absolute atomic E-state index is 0.0399. The van der Waals surface area contributed by atoms with Gasteiger partial charge in [-0.25, -0.2) is 14.4 Å². The Bertz CT molecular complexity index is 1740. The number of ether oxygens (including phenoxy) is 1. The Balaban J connectivity index is 1.20. The van der Waals surface area contributed by atoms with Crippen LogP contribution in [0.1, 0.15) is 9.80 Å². The molecule has 4 heterocycles. The van der Waals surface area contributed by atoms with Crippen molar-refractivity contribution in [3.05, 3.63) is 96.3 Å². The van der Waals surface area contributed by atoms with Crippen LogP contribution >= 0.6 is 22.7 Å². The summed E-state index contributed by atoms with van der Waals surface area (Å²) in [5.41, 5.74) is 2.03. The Hall–Kier alpha value is -4.41. The quantitative estimate of drug-likeness (QED) is 0.252. The van der Waals surface area contributed by atoms with E-state index in [4.69, 9.17) is 4.74 Å². The summed E-state index contributed by atoms with van der Waals surface area (Å²) in [4.78, 5) is 27.5. The van der Waals surface area contributed by atoms with E-state index in [1.54, 1.807) is 30.7 Å². The van der Waals surface area contributed by atoms with Crippen molar-refractivity contribution in [3.8, 4) is 32.6 Å². The SMILES string of the molecule is Cn1ccnc1-c1cc2nccc(Oc3ccc(NC(=O)c4ncc(-c5ccccc5)s4)cc3F)c2s1. The lowest BCUT2D eigenvalue weighted by Crippen LogP contribution is -2.11. The van der Waals surface area contributed by atoms with Gasteiger partial charge in [-0.2, -0.15) is 0 Å². The first-order valence-electron chi connectivity index (χ1n) is 11.2. The number of carbonyl (C=O) groups excluding carboxylic acids is 1. The van der Waals surface area contributed by atoms with Gasteiger partial charge in [0.25, 0.3) is 5.91 Å². The standard InChI is InChI=1S/C27H18FN5O2S2/c1-33-12-11-30-25(33)22-14-19-24(36-22)21(9-10-29-19)35-20-8-7-17(13-18(20)28)32-26(34)27-31-15-23(37-27)16-5-3-2-4-6-16/h2-15H,1H3,(H,32,34). The van der Waals surface area contributed by atoms with Gasteiger partial charge in [-0.05, 0) is 23.8 Å². The minimum atomic E-state index is -0.604. The molecule has 0 unspecified atom stereocenters. The van der Waals surface area contributed by atoms with Crippen molar-refractivity contribution >= 4 is 44.5 Å². The van der Waals surface area contributed by atoms with Gasteiger partial charge in [0, 0.05) is 49.7 Å². The van der Waals surface area contributed by atoms with E-state index >= 15 is 0 Å². The highest BCUT2D eigenvalue weighted by atomic mass is 32.1. The molecule has 0 saturated heterocycles. The monoisotopic (exact) mass is 527 g/mol. The molecule has 0 bridgehead atoms. The Morgan fingerprint density at radius 2 is 1.81 bits per heavy atom. The number of halogens is 1. The normalized spacial score (nSPS) is 11.1. The first-order valence-corrected chi connectivity index (χ1v) is 12.8. The fourth-order valence-corrected chi connectivity index (χ4v) is 5.71. The van der Waals surface area contributed by atoms with Crippen LogP contribution in [-0.2, 0) is 7.05 Å².